The highest BCUT2D eigenvalue weighted by Crippen LogP contribution is 2.14. The molecule has 0 aromatic carbocycles. The van der Waals surface area contributed by atoms with Crippen LogP contribution in [-0.4, -0.2) is 6.21 Å². The van der Waals surface area contributed by atoms with Crippen LogP contribution in [-0.2, 0) is 0 Å². The fraction of sp³-hybridized carbons (Fsp3) is 0.500. The van der Waals surface area contributed by atoms with E-state index in [4.69, 9.17) is 0 Å². The van der Waals surface area contributed by atoms with Crippen molar-refractivity contribution in [3.63, 3.8) is 0 Å². The van der Waals surface area contributed by atoms with Gasteiger partial charge in [-0.25, -0.2) is 0 Å². The minimum Gasteiger partial charge on any atom is -0.257 e. The molecule has 11 heavy (non-hydrogen) atoms. The van der Waals surface area contributed by atoms with Gasteiger partial charge in [-0.05, 0) is 30.9 Å². The highest BCUT2D eigenvalue weighted by atomic mass is 14.7. The van der Waals surface area contributed by atoms with E-state index >= 15 is 0 Å². The number of hydrogen-bond donors (Lipinski definition) is 0. The van der Waals surface area contributed by atoms with Crippen LogP contribution in [0.25, 0.3) is 0 Å². The molecule has 0 spiro atoms. The Labute approximate surface area is 68.5 Å². The van der Waals surface area contributed by atoms with Gasteiger partial charge in [0.05, 0.1) is 5.70 Å². The first-order chi connectivity index (χ1) is 5.36. The lowest BCUT2D eigenvalue weighted by Gasteiger charge is -2.04. The first kappa shape index (κ1) is 8.25. The van der Waals surface area contributed by atoms with Crippen LogP contribution in [0.2, 0.25) is 0 Å². The smallest absolute Gasteiger partial charge is 0.0593 e. The molecule has 0 aromatic rings. The van der Waals surface area contributed by atoms with Crippen molar-refractivity contribution in [1.29, 1.82) is 0 Å². The Hall–Kier alpha value is -0.850. The topological polar surface area (TPSA) is 12.4 Å². The molecule has 1 aliphatic rings. The molecule has 0 radical (unpaired) electrons. The summed E-state index contributed by atoms with van der Waals surface area (Å²) in [6.45, 7) is 4.43. The van der Waals surface area contributed by atoms with E-state index in [1.54, 1.807) is 0 Å². The fourth-order valence-corrected chi connectivity index (χ4v) is 1.18. The third-order valence-corrected chi connectivity index (χ3v) is 2.03. The lowest BCUT2D eigenvalue weighted by Crippen LogP contribution is -1.91. The van der Waals surface area contributed by atoms with Gasteiger partial charge in [-0.1, -0.05) is 19.9 Å². The van der Waals surface area contributed by atoms with Gasteiger partial charge in [-0.15, -0.1) is 0 Å². The minimum absolute atomic E-state index is 0.699. The quantitative estimate of drug-likeness (QED) is 0.585. The van der Waals surface area contributed by atoms with E-state index in [1.807, 2.05) is 12.3 Å². The van der Waals surface area contributed by atoms with Crippen molar-refractivity contribution < 1.29 is 0 Å². The number of allylic oxidation sites excluding steroid dienone is 3. The Balaban J connectivity index is 2.55. The van der Waals surface area contributed by atoms with Crippen LogP contribution in [0, 0.1) is 5.92 Å². The number of nitrogens with zero attached hydrogens (tertiary/aromatic N) is 1. The monoisotopic (exact) mass is 149 g/mol. The summed E-state index contributed by atoms with van der Waals surface area (Å²) in [4.78, 5) is 4.20. The number of rotatable bonds is 3. The predicted octanol–water partition coefficient (Wildman–Crippen LogP) is 2.95. The normalized spacial score (nSPS) is 19.0. The Bertz CT molecular complexity index is 181. The Morgan fingerprint density at radius 1 is 1.45 bits per heavy atom. The van der Waals surface area contributed by atoms with Gasteiger partial charge in [-0.3, -0.25) is 4.99 Å². The second-order valence-corrected chi connectivity index (χ2v) is 2.81. The molecule has 0 aliphatic carbocycles. The molecule has 0 saturated heterocycles. The highest BCUT2D eigenvalue weighted by Gasteiger charge is 2.00. The van der Waals surface area contributed by atoms with E-state index in [1.165, 1.54) is 12.8 Å². The average Bonchev–Trinajstić information content (AvgIpc) is 2.52. The summed E-state index contributed by atoms with van der Waals surface area (Å²) >= 11 is 0. The average molecular weight is 149 g/mol. The van der Waals surface area contributed by atoms with Gasteiger partial charge < -0.3 is 0 Å². The second-order valence-electron chi connectivity index (χ2n) is 2.81. The van der Waals surface area contributed by atoms with Crippen molar-refractivity contribution in [2.45, 2.75) is 26.7 Å². The van der Waals surface area contributed by atoms with Crippen LogP contribution < -0.4 is 0 Å². The predicted molar refractivity (Wildman–Crippen MR) is 49.8 cm³/mol. The van der Waals surface area contributed by atoms with E-state index in [0.29, 0.717) is 5.92 Å². The summed E-state index contributed by atoms with van der Waals surface area (Å²) in [6.07, 6.45) is 10.5. The summed E-state index contributed by atoms with van der Waals surface area (Å²) in [5, 5.41) is 0. The molecule has 0 bridgehead atoms. The molecule has 1 rings (SSSR count). The molecule has 0 atom stereocenters. The first-order valence-corrected chi connectivity index (χ1v) is 4.29. The van der Waals surface area contributed by atoms with E-state index in [0.717, 1.165) is 5.70 Å². The zero-order valence-electron chi connectivity index (χ0n) is 7.25. The molecule has 0 unspecified atom stereocenters. The maximum atomic E-state index is 4.20. The van der Waals surface area contributed by atoms with Crippen molar-refractivity contribution in [2.24, 2.45) is 10.9 Å². The zero-order valence-corrected chi connectivity index (χ0v) is 7.25. The van der Waals surface area contributed by atoms with Gasteiger partial charge in [0.25, 0.3) is 0 Å². The fourth-order valence-electron chi connectivity index (χ4n) is 1.18. The third kappa shape index (κ3) is 2.34. The van der Waals surface area contributed by atoms with Gasteiger partial charge in [0.1, 0.15) is 0 Å². The van der Waals surface area contributed by atoms with Gasteiger partial charge in [0, 0.05) is 6.21 Å². The number of aliphatic imine (C=N–C) groups is 1. The van der Waals surface area contributed by atoms with Crippen molar-refractivity contribution in [3.8, 4) is 0 Å². The van der Waals surface area contributed by atoms with Crippen LogP contribution in [0.3, 0.4) is 0 Å². The molecule has 0 fully saturated rings. The molecule has 0 saturated carbocycles. The van der Waals surface area contributed by atoms with E-state index in [2.05, 4.69) is 31.0 Å². The molecule has 1 nitrogen and oxygen atoms in total. The van der Waals surface area contributed by atoms with Crippen LogP contribution in [0.15, 0.2) is 28.9 Å². The second kappa shape index (κ2) is 4.12. The molecule has 0 amide bonds. The summed E-state index contributed by atoms with van der Waals surface area (Å²) in [6, 6.07) is 0. The van der Waals surface area contributed by atoms with E-state index < -0.39 is 0 Å². The summed E-state index contributed by atoms with van der Waals surface area (Å²) in [7, 11) is 0. The van der Waals surface area contributed by atoms with Crippen LogP contribution in [0.4, 0.5) is 0 Å². The maximum absolute atomic E-state index is 4.20. The molecule has 1 aliphatic heterocycles. The number of hydrogen-bond acceptors (Lipinski definition) is 1. The standard InChI is InChI=1S/C10H15N/c1-3-9(4-2)8-10-6-5-7-11-10/h5-9H,3-4H2,1-2H3. The summed E-state index contributed by atoms with van der Waals surface area (Å²) in [5.41, 5.74) is 1.12. The summed E-state index contributed by atoms with van der Waals surface area (Å²) in [5.74, 6) is 0.699. The van der Waals surface area contributed by atoms with Crippen molar-refractivity contribution in [2.75, 3.05) is 0 Å². The molecule has 0 N–H and O–H groups in total. The molecular formula is C10H15N. The zero-order chi connectivity index (χ0) is 8.10. The van der Waals surface area contributed by atoms with Crippen LogP contribution in [0.5, 0.6) is 0 Å². The SMILES string of the molecule is CCC(C=C1C=CC=N1)CC. The Morgan fingerprint density at radius 3 is 2.64 bits per heavy atom. The molecule has 0 aromatic heterocycles. The van der Waals surface area contributed by atoms with E-state index in [9.17, 15) is 0 Å². The van der Waals surface area contributed by atoms with Gasteiger partial charge >= 0.3 is 0 Å². The highest BCUT2D eigenvalue weighted by molar-refractivity contribution is 5.77. The molecular weight excluding hydrogens is 134 g/mol. The Morgan fingerprint density at radius 2 is 2.18 bits per heavy atom. The largest absolute Gasteiger partial charge is 0.257 e. The maximum Gasteiger partial charge on any atom is 0.0593 e. The first-order valence-electron chi connectivity index (χ1n) is 4.29. The van der Waals surface area contributed by atoms with E-state index in [-0.39, 0.29) is 0 Å². The Kier molecular flexibility index (Phi) is 3.09. The van der Waals surface area contributed by atoms with Crippen molar-refractivity contribution in [3.05, 3.63) is 23.9 Å². The van der Waals surface area contributed by atoms with Crippen molar-refractivity contribution >= 4 is 6.21 Å². The molecule has 1 heterocycles. The molecule has 1 heteroatoms. The summed E-state index contributed by atoms with van der Waals surface area (Å²) < 4.78 is 0. The third-order valence-electron chi connectivity index (χ3n) is 2.03. The molecule has 60 valence electrons. The van der Waals surface area contributed by atoms with Gasteiger partial charge in [0.2, 0.25) is 0 Å². The lowest BCUT2D eigenvalue weighted by molar-refractivity contribution is 0.603. The van der Waals surface area contributed by atoms with Crippen LogP contribution >= 0.6 is 0 Å². The van der Waals surface area contributed by atoms with Gasteiger partial charge in [-0.2, -0.15) is 0 Å². The van der Waals surface area contributed by atoms with Gasteiger partial charge in [0.15, 0.2) is 0 Å². The minimum atomic E-state index is 0.699. The van der Waals surface area contributed by atoms with Crippen molar-refractivity contribution in [1.82, 2.24) is 0 Å². The van der Waals surface area contributed by atoms with Crippen LogP contribution in [0.1, 0.15) is 26.7 Å². The lowest BCUT2D eigenvalue weighted by atomic mass is 10.0.